The Bertz CT molecular complexity index is 4840. The third kappa shape index (κ3) is 24.1. The van der Waals surface area contributed by atoms with Crippen LogP contribution in [0.3, 0.4) is 0 Å². The molecule has 0 bridgehead atoms. The smallest absolute Gasteiger partial charge is 0.322 e. The highest BCUT2D eigenvalue weighted by molar-refractivity contribution is 7.22. The second kappa shape index (κ2) is 36.7. The normalized spacial score (nSPS) is 11.6. The Morgan fingerprint density at radius 1 is 0.515 bits per heavy atom. The molecule has 7 heterocycles. The Morgan fingerprint density at radius 3 is 1.27 bits per heavy atom. The van der Waals surface area contributed by atoms with Crippen molar-refractivity contribution >= 4 is 96.4 Å². The van der Waals surface area contributed by atoms with Crippen molar-refractivity contribution in [1.82, 2.24) is 29.1 Å². The number of pyridine rings is 2. The number of hydrogen-bond donors (Lipinski definition) is 4. The molecule has 528 valence electrons. The first-order valence-corrected chi connectivity index (χ1v) is 32.3. The lowest BCUT2D eigenvalue weighted by atomic mass is 10.1. The number of hydrogen-bond acceptors (Lipinski definition) is 23. The number of halogens is 2. The van der Waals surface area contributed by atoms with Gasteiger partial charge in [0.1, 0.15) is 77.6 Å². The van der Waals surface area contributed by atoms with E-state index in [9.17, 15) is 47.1 Å². The van der Waals surface area contributed by atoms with Gasteiger partial charge in [-0.3, -0.25) is 48.3 Å². The molecule has 0 unspecified atom stereocenters. The topological polar surface area (TPSA) is 349 Å². The van der Waals surface area contributed by atoms with Gasteiger partial charge in [-0.1, -0.05) is 78.9 Å². The monoisotopic (exact) mass is 1440 g/mol. The molecule has 1 saturated heterocycles. The summed E-state index contributed by atoms with van der Waals surface area (Å²) in [6, 6.07) is 49.8. The Kier molecular flexibility index (Phi) is 27.0. The molecule has 1 aliphatic rings. The quantitative estimate of drug-likeness (QED) is 0.0285. The van der Waals surface area contributed by atoms with Gasteiger partial charge in [-0.05, 0) is 90.5 Å². The summed E-state index contributed by atoms with van der Waals surface area (Å²) in [7, 11) is 3.84. The third-order valence-electron chi connectivity index (χ3n) is 13.2. The maximum atomic E-state index is 14.9. The number of imidazole rings is 2. The number of carbonyl (C=O) groups is 8. The number of para-hydroxylation sites is 4. The number of cyclic esters (lactones) is 2. The zero-order valence-corrected chi connectivity index (χ0v) is 56.8. The highest BCUT2D eigenvalue weighted by Crippen LogP contribution is 2.41. The van der Waals surface area contributed by atoms with Crippen LogP contribution in [0.2, 0.25) is 0 Å². The molecule has 12 aromatic rings. The first-order valence-electron chi connectivity index (χ1n) is 30.6. The molecule has 6 aromatic carbocycles. The van der Waals surface area contributed by atoms with Crippen molar-refractivity contribution in [1.29, 1.82) is 0 Å². The number of nitrogen functional groups attached to an aromatic ring is 1. The van der Waals surface area contributed by atoms with E-state index in [0.717, 1.165) is 41.8 Å². The molecule has 5 N–H and O–H groups in total. The van der Waals surface area contributed by atoms with Crippen molar-refractivity contribution in [3.63, 3.8) is 0 Å². The number of aryl methyl sites for hydroxylation is 2. The molecule has 13 rings (SSSR count). The average molecular weight is 1440 g/mol. The van der Waals surface area contributed by atoms with E-state index in [-0.39, 0.29) is 30.1 Å². The summed E-state index contributed by atoms with van der Waals surface area (Å²) in [6.45, 7) is 3.03. The summed E-state index contributed by atoms with van der Waals surface area (Å²) in [5.74, 6) is -3.97. The number of ether oxygens (including phenoxy) is 7. The average Bonchev–Trinajstić information content (AvgIpc) is 1.66. The first-order chi connectivity index (χ1) is 49.3. The van der Waals surface area contributed by atoms with Gasteiger partial charge in [0.15, 0.2) is 23.1 Å². The third-order valence-corrected chi connectivity index (χ3v) is 15.5. The number of carbonyl (C=O) groups excluding carboxylic acids is 6. The minimum Gasteiger partial charge on any atom is -0.508 e. The van der Waals surface area contributed by atoms with Crippen LogP contribution in [-0.4, -0.2) is 97.7 Å². The zero-order chi connectivity index (χ0) is 74.0. The molecule has 6 aromatic heterocycles. The molecule has 1 aliphatic heterocycles. The van der Waals surface area contributed by atoms with Gasteiger partial charge in [-0.25, -0.2) is 18.7 Å². The van der Waals surface area contributed by atoms with Crippen LogP contribution >= 0.6 is 22.7 Å². The number of aromatic nitrogens is 6. The van der Waals surface area contributed by atoms with Crippen molar-refractivity contribution in [2.24, 2.45) is 14.1 Å². The second-order valence-electron chi connectivity index (χ2n) is 21.9. The molecule has 25 nitrogen and oxygen atoms in total. The molecule has 0 saturated carbocycles. The minimum atomic E-state index is -1.19. The van der Waals surface area contributed by atoms with Crippen LogP contribution in [0.25, 0.3) is 41.8 Å². The van der Waals surface area contributed by atoms with Crippen molar-refractivity contribution in [2.75, 3.05) is 5.73 Å². The van der Waals surface area contributed by atoms with Crippen LogP contribution in [0.15, 0.2) is 219 Å². The van der Waals surface area contributed by atoms with Gasteiger partial charge in [0.25, 0.3) is 5.79 Å². The number of ketones is 1. The van der Waals surface area contributed by atoms with Gasteiger partial charge in [0.05, 0.1) is 30.2 Å². The van der Waals surface area contributed by atoms with Crippen LogP contribution in [0.4, 0.5) is 14.5 Å². The lowest BCUT2D eigenvalue weighted by molar-refractivity contribution is -0.231. The van der Waals surface area contributed by atoms with Gasteiger partial charge in [-0.15, -0.1) is 22.7 Å². The van der Waals surface area contributed by atoms with Crippen LogP contribution in [0, 0.1) is 11.6 Å². The lowest BCUT2D eigenvalue weighted by Crippen LogP contribution is -2.39. The lowest BCUT2D eigenvalue weighted by Gasteiger charge is -2.28. The van der Waals surface area contributed by atoms with Crippen LogP contribution in [0.5, 0.6) is 46.0 Å². The first kappa shape index (κ1) is 75.7. The van der Waals surface area contributed by atoms with Gasteiger partial charge in [0.2, 0.25) is 0 Å². The van der Waals surface area contributed by atoms with Crippen LogP contribution in [0.1, 0.15) is 45.1 Å². The number of carboxylic acids is 2. The van der Waals surface area contributed by atoms with Crippen molar-refractivity contribution in [2.45, 2.75) is 51.7 Å². The number of carboxylic acid groups (broad SMARTS) is 2. The number of rotatable bonds is 17. The SMILES string of the molecule is CC1(C)OC(=O)CC(=O)O1.Cn1ccnc1-c1cc2nccc(Oc3ccc(CC(=O)CC(=O)Oc4ccccc4)cc3F)c2s1.Cn1ccnc1-c1cc2nccc(Oc3ccc(N)cc3F)c2s1.O=C(O)CC(=O)Oc1ccccc1.O=C(O)CC(=O)Oc1ccccc1.Oc1ccccc1. The Labute approximate surface area is 593 Å². The summed E-state index contributed by atoms with van der Waals surface area (Å²) in [5, 5.41) is 25.2. The molecule has 0 radical (unpaired) electrons. The number of phenolic OH excluding ortho intramolecular Hbond substituents is 1. The molecule has 1 fully saturated rings. The van der Waals surface area contributed by atoms with Gasteiger partial charge < -0.3 is 63.3 Å². The molecule has 0 amide bonds. The zero-order valence-electron chi connectivity index (χ0n) is 55.1. The number of nitrogens with two attached hydrogens (primary N) is 1. The van der Waals surface area contributed by atoms with Gasteiger partial charge >= 0.3 is 41.8 Å². The maximum absolute atomic E-state index is 14.9. The number of phenols is 1. The fourth-order valence-corrected chi connectivity index (χ4v) is 11.1. The van der Waals surface area contributed by atoms with Gasteiger partial charge in [-0.2, -0.15) is 0 Å². The molecular weight excluding hydrogens is 1380 g/mol. The molecular formula is C74H63F2N7O18S2. The van der Waals surface area contributed by atoms with E-state index >= 15 is 0 Å². The van der Waals surface area contributed by atoms with Crippen molar-refractivity contribution in [3.05, 3.63) is 236 Å². The number of fused-ring (bicyclic) bond motifs is 2. The number of anilines is 1. The Hall–Kier alpha value is -13.0. The Balaban J connectivity index is 0.000000172. The fraction of sp³-hybridized carbons (Fsp3) is 0.135. The van der Waals surface area contributed by atoms with Crippen molar-refractivity contribution < 1.29 is 95.6 Å². The predicted molar refractivity (Wildman–Crippen MR) is 374 cm³/mol. The largest absolute Gasteiger partial charge is 0.508 e. The number of nitrogens with zero attached hydrogens (tertiary/aromatic N) is 6. The summed E-state index contributed by atoms with van der Waals surface area (Å²) in [4.78, 5) is 107. The van der Waals surface area contributed by atoms with E-state index in [2.05, 4.69) is 29.4 Å². The molecule has 0 atom stereocenters. The summed E-state index contributed by atoms with van der Waals surface area (Å²) >= 11 is 2.96. The molecule has 29 heteroatoms. The number of Topliss-reactive ketones (excluding diaryl/α,β-unsaturated/α-hetero) is 1. The molecule has 0 aliphatic carbocycles. The second-order valence-corrected chi connectivity index (χ2v) is 24.0. The summed E-state index contributed by atoms with van der Waals surface area (Å²) < 4.78 is 69.8. The van der Waals surface area contributed by atoms with E-state index in [4.69, 9.17) is 44.7 Å². The Morgan fingerprint density at radius 2 is 0.913 bits per heavy atom. The standard InChI is InChI=1S/C27H20FN3O4S.C17H13FN4OS.2C9H8O4.C6H8O4.C6H6O/c1-31-12-11-30-27(31)24-16-21-26(36-24)23(9-10-29-21)35-22-8-7-17(14-20(22)28)13-18(32)15-25(33)34-19-5-3-2-4-6-19;1-22-7-6-21-17(22)15-9-12-16(24-15)14(4-5-20-12)23-13-3-2-10(19)8-11(13)18;2*10-8(11)6-9(12)13-7-4-2-1-3-5-7;1-6(2)9-4(7)3-5(8)10-6;7-6-4-2-1-3-5-6/h2-12,14,16H,13,15H2,1H3;2-9H,19H2,1H3;2*1-5H,6H2,(H,10,11);3H2,1-2H3;1-5,7H. The summed E-state index contributed by atoms with van der Waals surface area (Å²) in [6.07, 6.45) is 8.44. The predicted octanol–water partition coefficient (Wildman–Crippen LogP) is 13.7. The van der Waals surface area contributed by atoms with E-state index in [1.165, 1.54) is 60.8 Å². The molecule has 103 heavy (non-hydrogen) atoms. The minimum absolute atomic E-state index is 0.0223. The van der Waals surface area contributed by atoms with E-state index in [0.29, 0.717) is 45.7 Å². The van der Waals surface area contributed by atoms with Crippen LogP contribution < -0.4 is 29.4 Å². The van der Waals surface area contributed by atoms with E-state index in [1.54, 1.807) is 164 Å². The molecule has 0 spiro atoms. The van der Waals surface area contributed by atoms with E-state index < -0.39 is 78.5 Å². The fourth-order valence-electron chi connectivity index (χ4n) is 8.84. The number of aromatic hydroxyl groups is 1. The van der Waals surface area contributed by atoms with E-state index in [1.807, 2.05) is 53.8 Å². The highest BCUT2D eigenvalue weighted by atomic mass is 32.1. The maximum Gasteiger partial charge on any atom is 0.322 e. The summed E-state index contributed by atoms with van der Waals surface area (Å²) in [5.41, 5.74) is 7.87. The number of aliphatic carboxylic acids is 2. The number of esters is 5. The number of thiophene rings is 2. The number of benzene rings is 6. The van der Waals surface area contributed by atoms with Gasteiger partial charge in [0, 0.05) is 95.4 Å². The van der Waals surface area contributed by atoms with Crippen molar-refractivity contribution in [3.8, 4) is 67.4 Å². The van der Waals surface area contributed by atoms with Crippen LogP contribution in [-0.2, 0) is 68.3 Å². The highest BCUT2D eigenvalue weighted by Gasteiger charge is 2.34.